The molecule has 234 valence electrons. The zero-order valence-corrected chi connectivity index (χ0v) is 25.9. The van der Waals surface area contributed by atoms with E-state index in [9.17, 15) is 23.6 Å². The third-order valence-electron chi connectivity index (χ3n) is 8.04. The number of nitrogens with zero attached hydrogens (tertiary/aromatic N) is 4. The van der Waals surface area contributed by atoms with Gasteiger partial charge in [-0.2, -0.15) is 0 Å². The average Bonchev–Trinajstić information content (AvgIpc) is 3.39. The second-order valence-electron chi connectivity index (χ2n) is 11.1. The number of benzene rings is 2. The van der Waals surface area contributed by atoms with E-state index in [-0.39, 0.29) is 40.2 Å². The Labute approximate surface area is 263 Å². The quantitative estimate of drug-likeness (QED) is 0.304. The molecule has 45 heavy (non-hydrogen) atoms. The number of nitrogens with one attached hydrogen (secondary N) is 2. The van der Waals surface area contributed by atoms with Crippen molar-refractivity contribution in [2.45, 2.75) is 45.6 Å². The minimum atomic E-state index is -0.693. The largest absolute Gasteiger partial charge is 0.469 e. The Morgan fingerprint density at radius 1 is 1.16 bits per heavy atom. The van der Waals surface area contributed by atoms with Gasteiger partial charge in [-0.25, -0.2) is 9.07 Å². The molecule has 2 aromatic heterocycles. The monoisotopic (exact) mass is 634 g/mol. The summed E-state index contributed by atoms with van der Waals surface area (Å²) in [6, 6.07) is 12.3. The molecule has 0 saturated carbocycles. The van der Waals surface area contributed by atoms with Crippen LogP contribution in [0, 0.1) is 18.7 Å². The van der Waals surface area contributed by atoms with Crippen LogP contribution < -0.4 is 16.2 Å². The van der Waals surface area contributed by atoms with Crippen molar-refractivity contribution in [1.29, 1.82) is 0 Å². The van der Waals surface area contributed by atoms with E-state index < -0.39 is 23.7 Å². The lowest BCUT2D eigenvalue weighted by atomic mass is 9.94. The van der Waals surface area contributed by atoms with Gasteiger partial charge < -0.3 is 19.9 Å². The molecular weight excluding hydrogens is 603 g/mol. The average molecular weight is 635 g/mol. The zero-order valence-electron chi connectivity index (χ0n) is 25.2. The topological polar surface area (TPSA) is 137 Å². The second kappa shape index (κ2) is 13.0. The molecule has 2 atom stereocenters. The summed E-state index contributed by atoms with van der Waals surface area (Å²) in [5.41, 5.74) is 2.75. The van der Waals surface area contributed by atoms with Gasteiger partial charge in [0.2, 0.25) is 5.91 Å². The highest BCUT2D eigenvalue weighted by molar-refractivity contribution is 6.30. The number of fused-ring (bicyclic) bond motifs is 4. The summed E-state index contributed by atoms with van der Waals surface area (Å²) in [5.74, 6) is -2.26. The number of carbonyl (C=O) groups is 3. The maximum absolute atomic E-state index is 14.7. The lowest BCUT2D eigenvalue weighted by Gasteiger charge is -2.24. The Kier molecular flexibility index (Phi) is 9.14. The minimum absolute atomic E-state index is 0.0130. The Morgan fingerprint density at radius 3 is 2.69 bits per heavy atom. The summed E-state index contributed by atoms with van der Waals surface area (Å²) in [5, 5.41) is 13.9. The summed E-state index contributed by atoms with van der Waals surface area (Å²) >= 11 is 5.95. The summed E-state index contributed by atoms with van der Waals surface area (Å²) in [7, 11) is 2.93. The van der Waals surface area contributed by atoms with Crippen LogP contribution in [-0.4, -0.2) is 44.5 Å². The van der Waals surface area contributed by atoms with Crippen molar-refractivity contribution in [3.8, 4) is 16.8 Å². The number of pyridine rings is 1. The third-order valence-corrected chi connectivity index (χ3v) is 8.33. The lowest BCUT2D eigenvalue weighted by Crippen LogP contribution is -2.34. The first-order chi connectivity index (χ1) is 21.5. The van der Waals surface area contributed by atoms with Crippen LogP contribution in [0.4, 0.5) is 10.1 Å². The predicted molar refractivity (Wildman–Crippen MR) is 166 cm³/mol. The molecule has 1 aliphatic heterocycles. The Balaban J connectivity index is 1.55. The first-order valence-electron chi connectivity index (χ1n) is 14.4. The minimum Gasteiger partial charge on any atom is -0.469 e. The highest BCUT2D eigenvalue weighted by Gasteiger charge is 2.26. The molecule has 0 saturated heterocycles. The molecule has 0 spiro atoms. The Hall–Kier alpha value is -4.84. The van der Waals surface area contributed by atoms with Crippen molar-refractivity contribution >= 4 is 35.1 Å². The maximum Gasteiger partial charge on any atom is 0.309 e. The number of anilines is 1. The molecule has 13 heteroatoms. The molecule has 0 fully saturated rings. The predicted octanol–water partition coefficient (Wildman–Crippen LogP) is 4.68. The molecule has 3 heterocycles. The number of carbonyl (C=O) groups excluding carboxylic acids is 3. The summed E-state index contributed by atoms with van der Waals surface area (Å²) in [6.45, 7) is 3.41. The van der Waals surface area contributed by atoms with Crippen LogP contribution in [-0.2, 0) is 27.8 Å². The third kappa shape index (κ3) is 6.51. The Morgan fingerprint density at radius 2 is 1.93 bits per heavy atom. The fourth-order valence-corrected chi connectivity index (χ4v) is 5.57. The molecule has 5 rings (SSSR count). The standard InChI is InChI=1S/C32H32ClFN6O5/c1-17-7-5-9-23(35-32(44)30-18(2)40(38-37-30)25-10-6-8-22(33)29(25)34)26-15-20(16-27(41)39(26)3)21-12-11-19(14-28(42)45-4)13-24(21)36-31(17)43/h6,8,10-13,15-17,23H,5,7,9,14H2,1-4H3,(H,35,44)(H,36,43)/t17-,23+/m1/s1. The van der Waals surface area contributed by atoms with E-state index in [0.29, 0.717) is 53.0 Å². The number of halogens is 2. The van der Waals surface area contributed by atoms with Crippen LogP contribution in [0.1, 0.15) is 59.7 Å². The number of aromatic nitrogens is 4. The summed E-state index contributed by atoms with van der Waals surface area (Å²) < 4.78 is 22.2. The van der Waals surface area contributed by atoms with Crippen molar-refractivity contribution in [3.05, 3.63) is 92.4 Å². The molecule has 0 radical (unpaired) electrons. The highest BCUT2D eigenvalue weighted by Crippen LogP contribution is 2.33. The van der Waals surface area contributed by atoms with E-state index in [1.807, 2.05) is 6.92 Å². The van der Waals surface area contributed by atoms with Crippen LogP contribution in [0.2, 0.25) is 5.02 Å². The van der Waals surface area contributed by atoms with Crippen LogP contribution in [0.15, 0.2) is 53.3 Å². The van der Waals surface area contributed by atoms with Crippen molar-refractivity contribution in [2.24, 2.45) is 13.0 Å². The van der Waals surface area contributed by atoms with Crippen molar-refractivity contribution in [2.75, 3.05) is 12.4 Å². The van der Waals surface area contributed by atoms with E-state index in [2.05, 4.69) is 20.9 Å². The van der Waals surface area contributed by atoms with Gasteiger partial charge in [-0.15, -0.1) is 5.10 Å². The van der Waals surface area contributed by atoms with E-state index in [0.717, 1.165) is 0 Å². The smallest absolute Gasteiger partial charge is 0.309 e. The molecule has 4 aromatic rings. The van der Waals surface area contributed by atoms with Gasteiger partial charge in [-0.3, -0.25) is 19.2 Å². The molecule has 2 aromatic carbocycles. The fourth-order valence-electron chi connectivity index (χ4n) is 5.40. The first-order valence-corrected chi connectivity index (χ1v) is 14.8. The van der Waals surface area contributed by atoms with Gasteiger partial charge in [0.1, 0.15) is 5.69 Å². The molecular formula is C32H32ClFN6O5. The number of hydrogen-bond acceptors (Lipinski definition) is 7. The number of esters is 1. The van der Waals surface area contributed by atoms with Crippen LogP contribution in [0.25, 0.3) is 16.8 Å². The van der Waals surface area contributed by atoms with E-state index in [1.165, 1.54) is 34.6 Å². The highest BCUT2D eigenvalue weighted by atomic mass is 35.5. The Bertz CT molecular complexity index is 1870. The number of methoxy groups -OCH3 is 1. The van der Waals surface area contributed by atoms with Gasteiger partial charge in [0.25, 0.3) is 11.5 Å². The lowest BCUT2D eigenvalue weighted by molar-refractivity contribution is -0.139. The molecule has 2 amide bonds. The van der Waals surface area contributed by atoms with Crippen LogP contribution in [0.3, 0.4) is 0 Å². The van der Waals surface area contributed by atoms with Gasteiger partial charge in [0.05, 0.1) is 30.3 Å². The van der Waals surface area contributed by atoms with E-state index in [1.54, 1.807) is 44.3 Å². The van der Waals surface area contributed by atoms with Gasteiger partial charge in [0.15, 0.2) is 11.5 Å². The van der Waals surface area contributed by atoms with Crippen molar-refractivity contribution in [3.63, 3.8) is 0 Å². The molecule has 11 nitrogen and oxygen atoms in total. The molecule has 0 unspecified atom stereocenters. The summed E-state index contributed by atoms with van der Waals surface area (Å²) in [4.78, 5) is 52.0. The zero-order chi connectivity index (χ0) is 32.4. The van der Waals surface area contributed by atoms with Gasteiger partial charge >= 0.3 is 5.97 Å². The maximum atomic E-state index is 14.7. The fraction of sp³-hybridized carbons (Fsp3) is 0.312. The van der Waals surface area contributed by atoms with Gasteiger partial charge in [-0.05, 0) is 55.2 Å². The van der Waals surface area contributed by atoms with E-state index >= 15 is 0 Å². The van der Waals surface area contributed by atoms with Gasteiger partial charge in [0, 0.05) is 36.0 Å². The second-order valence-corrected chi connectivity index (χ2v) is 11.5. The van der Waals surface area contributed by atoms with Crippen LogP contribution in [0.5, 0.6) is 0 Å². The SMILES string of the molecule is COC(=O)Cc1ccc2c(c1)NC(=O)[C@H](C)CCC[C@H](NC(=O)c1nnn(-c3cccc(Cl)c3F)c1C)c1cc-2cc(=O)n1C. The van der Waals surface area contributed by atoms with Gasteiger partial charge in [-0.1, -0.05) is 48.4 Å². The molecule has 2 N–H and O–H groups in total. The number of rotatable bonds is 5. The number of amides is 2. The summed E-state index contributed by atoms with van der Waals surface area (Å²) in [6.07, 6.45) is 1.49. The van der Waals surface area contributed by atoms with Crippen molar-refractivity contribution in [1.82, 2.24) is 24.9 Å². The number of hydrogen-bond donors (Lipinski definition) is 2. The van der Waals surface area contributed by atoms with Crippen LogP contribution >= 0.6 is 11.6 Å². The molecule has 0 aliphatic carbocycles. The first kappa shape index (κ1) is 31.6. The normalized spacial score (nSPS) is 16.5. The number of ether oxygens (including phenoxy) is 1. The van der Waals surface area contributed by atoms with E-state index in [4.69, 9.17) is 16.3 Å². The molecule has 2 bridgehead atoms. The molecule has 1 aliphatic rings. The van der Waals surface area contributed by atoms with Crippen molar-refractivity contribution < 1.29 is 23.5 Å².